The van der Waals surface area contributed by atoms with Crippen LogP contribution in [0.3, 0.4) is 0 Å². The number of thiophene rings is 1. The Labute approximate surface area is 417 Å². The van der Waals surface area contributed by atoms with Gasteiger partial charge in [0, 0.05) is 77.1 Å². The molecule has 0 aliphatic carbocycles. The number of rotatable bonds is 8. The van der Waals surface area contributed by atoms with Gasteiger partial charge in [-0.05, 0) is 42.9 Å². The summed E-state index contributed by atoms with van der Waals surface area (Å²) in [6, 6.07) is 3.44. The highest BCUT2D eigenvalue weighted by atomic mass is 32.1. The first-order valence-electron chi connectivity index (χ1n) is 22.7. The number of carbonyl (C=O) groups excluding carboxylic acids is 2. The quantitative estimate of drug-likeness (QED) is 0.0763. The summed E-state index contributed by atoms with van der Waals surface area (Å²) in [5, 5.41) is 48.6. The van der Waals surface area contributed by atoms with Crippen LogP contribution in [0.5, 0.6) is 17.2 Å². The topological polar surface area (TPSA) is 263 Å². The molecule has 6 heterocycles. The molecular formula is C49H81N9O9S2. The van der Waals surface area contributed by atoms with E-state index < -0.39 is 0 Å². The molecule has 0 fully saturated rings. The van der Waals surface area contributed by atoms with E-state index in [-0.39, 0.29) is 40.7 Å². The van der Waals surface area contributed by atoms with Crippen molar-refractivity contribution in [3.05, 3.63) is 97.7 Å². The lowest BCUT2D eigenvalue weighted by Crippen LogP contribution is -2.22. The molecule has 18 nitrogen and oxygen atoms in total. The van der Waals surface area contributed by atoms with Crippen LogP contribution < -0.4 is 21.5 Å². The first-order valence-corrected chi connectivity index (χ1v) is 24.4. The molecule has 5 aromatic heterocycles. The zero-order chi connectivity index (χ0) is 53.6. The average Bonchev–Trinajstić information content (AvgIpc) is 4.15. The van der Waals surface area contributed by atoms with Crippen LogP contribution in [0.4, 0.5) is 0 Å². The number of H-pyrrole nitrogens is 1. The van der Waals surface area contributed by atoms with E-state index in [4.69, 9.17) is 29.0 Å². The third-order valence-corrected chi connectivity index (χ3v) is 10.5. The molecule has 69 heavy (non-hydrogen) atoms. The Morgan fingerprint density at radius 1 is 0.725 bits per heavy atom. The molecule has 0 atom stereocenters. The van der Waals surface area contributed by atoms with Gasteiger partial charge in [0.15, 0.2) is 17.0 Å². The van der Waals surface area contributed by atoms with Crippen molar-refractivity contribution in [1.82, 2.24) is 41.1 Å². The maximum atomic E-state index is 11.4. The maximum absolute atomic E-state index is 11.4. The molecule has 0 spiro atoms. The largest absolute Gasteiger partial charge is 0.507 e. The second kappa shape index (κ2) is 35.1. The molecule has 0 aromatic carbocycles. The number of tetrazole rings is 1. The van der Waals surface area contributed by atoms with Gasteiger partial charge in [-0.1, -0.05) is 116 Å². The number of furan rings is 1. The van der Waals surface area contributed by atoms with Crippen molar-refractivity contribution in [2.45, 2.75) is 147 Å². The number of aromatic amines is 1. The molecule has 5 aromatic rings. The highest BCUT2D eigenvalue weighted by molar-refractivity contribution is 7.10. The van der Waals surface area contributed by atoms with Gasteiger partial charge in [0.05, 0.1) is 23.6 Å². The van der Waals surface area contributed by atoms with E-state index in [9.17, 15) is 14.4 Å². The molecule has 2 amide bonds. The number of aromatic nitrogens is 5. The summed E-state index contributed by atoms with van der Waals surface area (Å²) >= 11 is 2.90. The average molecular weight is 1000 g/mol. The van der Waals surface area contributed by atoms with Crippen LogP contribution in [0, 0.1) is 24.7 Å². The lowest BCUT2D eigenvalue weighted by atomic mass is 10.0. The number of nitrogens with one attached hydrogen (secondary N) is 4. The van der Waals surface area contributed by atoms with Gasteiger partial charge in [0.1, 0.15) is 29.4 Å². The predicted octanol–water partition coefficient (Wildman–Crippen LogP) is 10.9. The molecule has 20 heteroatoms. The number of aliphatic imine (C=N–C) groups is 1. The Bertz CT molecular complexity index is 2170. The van der Waals surface area contributed by atoms with Crippen molar-refractivity contribution in [3.63, 3.8) is 0 Å². The van der Waals surface area contributed by atoms with Crippen LogP contribution in [0.15, 0.2) is 72.8 Å². The van der Waals surface area contributed by atoms with Gasteiger partial charge >= 0.3 is 0 Å². The molecule has 1 aliphatic heterocycles. The van der Waals surface area contributed by atoms with Crippen LogP contribution in [0.25, 0.3) is 0 Å². The number of hydrogen-bond donors (Lipinski definition) is 7. The summed E-state index contributed by atoms with van der Waals surface area (Å²) in [6.07, 6.45) is 4.35. The Hall–Kier alpha value is -6.02. The monoisotopic (exact) mass is 1000 g/mol. The summed E-state index contributed by atoms with van der Waals surface area (Å²) in [5.74, 6) is 6.45. The molecule has 0 saturated heterocycles. The number of hydrogen-bond acceptors (Lipinski definition) is 17. The lowest BCUT2D eigenvalue weighted by molar-refractivity contribution is -0.124. The van der Waals surface area contributed by atoms with E-state index in [2.05, 4.69) is 66.5 Å². The SMILES string of the molecule is C=C1N=C(C(C)C)NO1.CC(C)c1cc(O)co1.CC(C)c1cc(O)cs1.CC(C)c1nn[nH]n1.CC(C)c1nscc1O.CNC(=O)C(C)C.CNC(=O)C(C)C.Cc1cocc(C(C)C)c1=O. The van der Waals surface area contributed by atoms with Crippen molar-refractivity contribution in [3.8, 4) is 17.2 Å². The minimum atomic E-state index is 0.0972. The highest BCUT2D eigenvalue weighted by Crippen LogP contribution is 2.27. The number of amides is 2. The number of carbonyl (C=O) groups is 2. The molecule has 1 aliphatic rings. The van der Waals surface area contributed by atoms with Crippen molar-refractivity contribution < 1.29 is 38.6 Å². The third-order valence-electron chi connectivity index (χ3n) is 8.64. The Morgan fingerprint density at radius 2 is 1.30 bits per heavy atom. The van der Waals surface area contributed by atoms with Crippen LogP contribution in [0.2, 0.25) is 0 Å². The van der Waals surface area contributed by atoms with Crippen molar-refractivity contribution >= 4 is 40.5 Å². The molecule has 0 unspecified atom stereocenters. The van der Waals surface area contributed by atoms with Crippen molar-refractivity contribution in [2.24, 2.45) is 22.7 Å². The predicted molar refractivity (Wildman–Crippen MR) is 278 cm³/mol. The van der Waals surface area contributed by atoms with Gasteiger partial charge in [-0.3, -0.25) is 14.4 Å². The van der Waals surface area contributed by atoms with Crippen LogP contribution in [0.1, 0.15) is 174 Å². The van der Waals surface area contributed by atoms with Gasteiger partial charge in [-0.25, -0.2) is 5.48 Å². The fourth-order valence-electron chi connectivity index (χ4n) is 4.40. The van der Waals surface area contributed by atoms with E-state index in [0.717, 1.165) is 28.7 Å². The van der Waals surface area contributed by atoms with Crippen LogP contribution >= 0.6 is 22.9 Å². The highest BCUT2D eigenvalue weighted by Gasteiger charge is 2.12. The van der Waals surface area contributed by atoms with Crippen molar-refractivity contribution in [2.75, 3.05) is 14.1 Å². The summed E-state index contributed by atoms with van der Waals surface area (Å²) in [4.78, 5) is 42.1. The Balaban J connectivity index is 0. The van der Waals surface area contributed by atoms with E-state index in [1.807, 2.05) is 103 Å². The number of nitrogens with zero attached hydrogens (tertiary/aromatic N) is 5. The zero-order valence-corrected chi connectivity index (χ0v) is 45.8. The number of amidine groups is 1. The smallest absolute Gasteiger partial charge is 0.240 e. The Morgan fingerprint density at radius 3 is 1.52 bits per heavy atom. The summed E-state index contributed by atoms with van der Waals surface area (Å²) in [6.45, 7) is 37.1. The maximum Gasteiger partial charge on any atom is 0.240 e. The minimum absolute atomic E-state index is 0.0972. The fourth-order valence-corrected chi connectivity index (χ4v) is 5.88. The normalized spacial score (nSPS) is 11.1. The zero-order valence-electron chi connectivity index (χ0n) is 44.2. The molecule has 0 saturated carbocycles. The van der Waals surface area contributed by atoms with Gasteiger partial charge in [-0.15, -0.1) is 21.5 Å². The van der Waals surface area contributed by atoms with Crippen LogP contribution in [-0.2, 0) is 14.4 Å². The molecular weight excluding hydrogens is 923 g/mol. The number of aryl methyl sites for hydroxylation is 1. The molecule has 6 rings (SSSR count). The van der Waals surface area contributed by atoms with Crippen LogP contribution in [-0.4, -0.2) is 72.1 Å². The van der Waals surface area contributed by atoms with E-state index >= 15 is 0 Å². The second-order valence-electron chi connectivity index (χ2n) is 17.7. The standard InChI is InChI=1S/C9H12O2.C7H10O2.C7H10OS.C6H10N2O.C6H9NOS.2C5H11NO.C4H8N4/c1-6(2)8-5-11-4-7(3)9(8)10;2*1-5(2)7-3-6(8)4-9-7;1-4(2)6-7-5(3)9-8-6;1-4(2)6-5(8)3-9-7-6;2*1-4(2)5(7)6-3;1-3(2)4-5-7-8-6-4/h4-6H,1-3H3;2*3-5,8H,1-2H3;4H,3H2,1-2H3,(H,7,8);3-4,8H,1-2H3;2*4H,1-3H3,(H,6,7);3H,1-2H3,(H,5,6,7,8). The van der Waals surface area contributed by atoms with Gasteiger partial charge < -0.3 is 39.6 Å². The van der Waals surface area contributed by atoms with E-state index in [1.165, 1.54) is 35.2 Å². The number of aromatic hydroxyl groups is 3. The minimum Gasteiger partial charge on any atom is -0.507 e. The molecule has 388 valence electrons. The Kier molecular flexibility index (Phi) is 33.1. The van der Waals surface area contributed by atoms with E-state index in [1.54, 1.807) is 49.2 Å². The summed E-state index contributed by atoms with van der Waals surface area (Å²) in [7, 11) is 3.28. The number of hydroxylamine groups is 1. The summed E-state index contributed by atoms with van der Waals surface area (Å²) < 4.78 is 14.0. The third kappa shape index (κ3) is 28.8. The first kappa shape index (κ1) is 65.1. The molecule has 0 radical (unpaired) electrons. The molecule has 7 N–H and O–H groups in total. The van der Waals surface area contributed by atoms with Crippen molar-refractivity contribution in [1.29, 1.82) is 0 Å². The lowest BCUT2D eigenvalue weighted by Gasteiger charge is -2.02. The van der Waals surface area contributed by atoms with Gasteiger partial charge in [-0.2, -0.15) is 14.6 Å². The second-order valence-corrected chi connectivity index (χ2v) is 19.2. The summed E-state index contributed by atoms with van der Waals surface area (Å²) in [5.41, 5.74) is 5.00. The van der Waals surface area contributed by atoms with E-state index in [0.29, 0.717) is 52.5 Å². The van der Waals surface area contributed by atoms with Gasteiger partial charge in [0.25, 0.3) is 0 Å². The first-order chi connectivity index (χ1) is 32.1. The molecule has 0 bridgehead atoms. The fraction of sp³-hybridized carbons (Fsp3) is 0.551. The van der Waals surface area contributed by atoms with Gasteiger partial charge in [0.2, 0.25) is 17.7 Å².